The summed E-state index contributed by atoms with van der Waals surface area (Å²) in [6, 6.07) is 0. The van der Waals surface area contributed by atoms with Crippen LogP contribution in [-0.2, 0) is 0 Å². The Hall–Kier alpha value is -0.655. The van der Waals surface area contributed by atoms with Gasteiger partial charge in [0.15, 0.2) is 0 Å². The van der Waals surface area contributed by atoms with Gasteiger partial charge in [-0.3, -0.25) is 0 Å². The van der Waals surface area contributed by atoms with Crippen LogP contribution in [-0.4, -0.2) is 18.2 Å². The molecule has 0 bridgehead atoms. The van der Waals surface area contributed by atoms with E-state index in [0.29, 0.717) is 6.85 Å². The number of hydrogen-bond donors (Lipinski definition) is 0. The first kappa shape index (κ1) is 69.4. The average Bonchev–Trinajstić information content (AvgIpc) is 3.39. The number of nitrogens with zero attached hydrogens (tertiary/aromatic N) is 1. The molecule has 0 N–H and O–H groups in total. The zero-order valence-corrected chi connectivity index (χ0v) is 50.8. The molecule has 0 fully saturated rings. The monoisotopic (exact) mass is 1000 g/mol. The molecule has 426 valence electrons. The fourth-order valence-corrected chi connectivity index (χ4v) is 12.2. The third kappa shape index (κ3) is 51.5. The summed E-state index contributed by atoms with van der Waals surface area (Å²) in [5, 5.41) is 0. The van der Waals surface area contributed by atoms with Crippen molar-refractivity contribution in [2.45, 2.75) is 419 Å². The lowest BCUT2D eigenvalue weighted by Crippen LogP contribution is -2.39. The van der Waals surface area contributed by atoms with E-state index in [4.69, 9.17) is 0 Å². The van der Waals surface area contributed by atoms with Crippen molar-refractivity contribution in [1.82, 2.24) is 4.81 Å². The second-order valence-corrected chi connectivity index (χ2v) is 24.5. The minimum absolute atomic E-state index is 0.644. The molecule has 1 rings (SSSR count). The van der Waals surface area contributed by atoms with E-state index < -0.39 is 0 Å². The fraction of sp³-hybridized carbons (Fsp3) is 0.943. The van der Waals surface area contributed by atoms with Crippen LogP contribution < -0.4 is 0 Å². The number of unbranched alkanes of at least 4 members (excludes halogenated alkanes) is 57. The molecule has 0 aromatic carbocycles. The summed E-state index contributed by atoms with van der Waals surface area (Å²) in [4.78, 5) is 2.90. The van der Waals surface area contributed by atoms with Gasteiger partial charge < -0.3 is 4.81 Å². The van der Waals surface area contributed by atoms with Crippen molar-refractivity contribution in [3.63, 3.8) is 0 Å². The lowest BCUT2D eigenvalue weighted by atomic mass is 9.54. The third-order valence-electron chi connectivity index (χ3n) is 17.3. The lowest BCUT2D eigenvalue weighted by Gasteiger charge is -2.35. The van der Waals surface area contributed by atoms with E-state index in [1.54, 1.807) is 5.70 Å². The zero-order chi connectivity index (χ0) is 51.4. The smallest absolute Gasteiger partial charge is 0.280 e. The maximum atomic E-state index is 2.90. The molecule has 0 spiro atoms. The van der Waals surface area contributed by atoms with Crippen molar-refractivity contribution in [3.8, 4) is 0 Å². The summed E-state index contributed by atoms with van der Waals surface area (Å²) in [5.41, 5.74) is 1.68. The van der Waals surface area contributed by atoms with Crippen molar-refractivity contribution >= 4 is 6.85 Å². The van der Waals surface area contributed by atoms with Gasteiger partial charge in [0, 0.05) is 12.2 Å². The van der Waals surface area contributed by atoms with Gasteiger partial charge in [-0.2, -0.15) is 0 Å². The maximum Gasteiger partial charge on any atom is 0.280 e. The SMILES string of the molecule is CCCCCCCCCCCCCCCCCCCCCCB1C=CC=C(CCCCCCCCCCCCCCCCCCCCCC)N1CCCCCCCCCCCCCCCCCCCCCC. The molecule has 2 heteroatoms. The van der Waals surface area contributed by atoms with Crippen LogP contribution in [0.3, 0.4) is 0 Å². The van der Waals surface area contributed by atoms with Gasteiger partial charge in [0.1, 0.15) is 0 Å². The first-order chi connectivity index (χ1) is 35.8. The van der Waals surface area contributed by atoms with Crippen LogP contribution in [0.1, 0.15) is 412 Å². The van der Waals surface area contributed by atoms with Crippen LogP contribution in [0, 0.1) is 0 Å². The Morgan fingerprint density at radius 3 is 0.708 bits per heavy atom. The maximum absolute atomic E-state index is 2.90. The molecule has 72 heavy (non-hydrogen) atoms. The molecule has 1 aliphatic rings. The number of hydrogen-bond acceptors (Lipinski definition) is 1. The van der Waals surface area contributed by atoms with Crippen molar-refractivity contribution in [3.05, 3.63) is 23.8 Å². The Balaban J connectivity index is 2.22. The molecule has 1 aliphatic heterocycles. The molecule has 0 amide bonds. The van der Waals surface area contributed by atoms with Crippen molar-refractivity contribution < 1.29 is 0 Å². The average molecular weight is 1000 g/mol. The van der Waals surface area contributed by atoms with Gasteiger partial charge >= 0.3 is 0 Å². The van der Waals surface area contributed by atoms with E-state index in [9.17, 15) is 0 Å². The van der Waals surface area contributed by atoms with Crippen LogP contribution in [0.15, 0.2) is 23.8 Å². The van der Waals surface area contributed by atoms with Gasteiger partial charge in [0.25, 0.3) is 6.85 Å². The summed E-state index contributed by atoms with van der Waals surface area (Å²) >= 11 is 0. The second-order valence-electron chi connectivity index (χ2n) is 24.5. The minimum atomic E-state index is 0.644. The summed E-state index contributed by atoms with van der Waals surface area (Å²) in [7, 11) is 0. The first-order valence-corrected chi connectivity index (χ1v) is 35.0. The van der Waals surface area contributed by atoms with E-state index in [1.165, 1.54) is 405 Å². The van der Waals surface area contributed by atoms with Gasteiger partial charge in [-0.1, -0.05) is 405 Å². The molecule has 0 radical (unpaired) electrons. The van der Waals surface area contributed by atoms with Crippen LogP contribution >= 0.6 is 0 Å². The molecule has 0 aliphatic carbocycles. The molecule has 0 aromatic heterocycles. The molecular weight excluding hydrogens is 866 g/mol. The summed E-state index contributed by atoms with van der Waals surface area (Å²) < 4.78 is 0. The fourth-order valence-electron chi connectivity index (χ4n) is 12.2. The van der Waals surface area contributed by atoms with E-state index in [1.807, 2.05) is 0 Å². The summed E-state index contributed by atoms with van der Waals surface area (Å²) in [5.74, 6) is 2.58. The minimum Gasteiger partial charge on any atom is -0.414 e. The van der Waals surface area contributed by atoms with Gasteiger partial charge in [-0.05, 0) is 31.7 Å². The quantitative estimate of drug-likeness (QED) is 0.0434. The van der Waals surface area contributed by atoms with Gasteiger partial charge in [-0.25, -0.2) is 0 Å². The van der Waals surface area contributed by atoms with E-state index in [2.05, 4.69) is 43.7 Å². The standard InChI is InChI=1S/C70H138BN/c1-4-7-10-13-16-19-22-25-28-31-34-37-40-43-46-49-52-55-58-61-65-70-66-64-68-71(67-62-59-56-53-50-47-44-41-38-35-32-29-26-23-20-17-14-11-8-5-2)72(70)69-63-60-57-54-51-48-45-42-39-36-33-30-27-24-21-18-15-12-9-6-3/h64,66,68H,4-63,65,67,69H2,1-3H3. The zero-order valence-electron chi connectivity index (χ0n) is 50.8. The second kappa shape index (κ2) is 61.2. The highest BCUT2D eigenvalue weighted by Gasteiger charge is 2.24. The largest absolute Gasteiger partial charge is 0.414 e. The summed E-state index contributed by atoms with van der Waals surface area (Å²) in [6.45, 7) is 8.90. The molecule has 0 aromatic rings. The molecule has 1 heterocycles. The third-order valence-corrected chi connectivity index (χ3v) is 17.3. The predicted molar refractivity (Wildman–Crippen MR) is 333 cm³/mol. The van der Waals surface area contributed by atoms with Crippen LogP contribution in [0.2, 0.25) is 6.32 Å². The highest BCUT2D eigenvalue weighted by molar-refractivity contribution is 6.62. The first-order valence-electron chi connectivity index (χ1n) is 35.0. The van der Waals surface area contributed by atoms with Crippen LogP contribution in [0.5, 0.6) is 0 Å². The Labute approximate surface area is 458 Å². The number of allylic oxidation sites excluding steroid dienone is 3. The predicted octanol–water partition coefficient (Wildman–Crippen LogP) is 26.1. The molecule has 0 saturated heterocycles. The van der Waals surface area contributed by atoms with Crippen LogP contribution in [0.4, 0.5) is 0 Å². The van der Waals surface area contributed by atoms with E-state index in [-0.39, 0.29) is 0 Å². The Kier molecular flexibility index (Phi) is 59.0. The summed E-state index contributed by atoms with van der Waals surface area (Å²) in [6.07, 6.45) is 95.4. The van der Waals surface area contributed by atoms with Gasteiger partial charge in [0.2, 0.25) is 0 Å². The molecule has 0 unspecified atom stereocenters. The van der Waals surface area contributed by atoms with E-state index in [0.717, 1.165) is 0 Å². The van der Waals surface area contributed by atoms with Crippen molar-refractivity contribution in [1.29, 1.82) is 0 Å². The van der Waals surface area contributed by atoms with Crippen LogP contribution in [0.25, 0.3) is 0 Å². The van der Waals surface area contributed by atoms with Crippen molar-refractivity contribution in [2.75, 3.05) is 6.54 Å². The van der Waals surface area contributed by atoms with E-state index >= 15 is 0 Å². The van der Waals surface area contributed by atoms with Gasteiger partial charge in [-0.15, -0.1) is 0 Å². The lowest BCUT2D eigenvalue weighted by molar-refractivity contribution is 0.453. The Morgan fingerprint density at radius 2 is 0.458 bits per heavy atom. The highest BCUT2D eigenvalue weighted by atomic mass is 15.1. The normalized spacial score (nSPS) is 12.8. The Bertz CT molecular complexity index is 1050. The molecule has 0 atom stereocenters. The highest BCUT2D eigenvalue weighted by Crippen LogP contribution is 2.26. The molecule has 0 saturated carbocycles. The Morgan fingerprint density at radius 1 is 0.250 bits per heavy atom. The van der Waals surface area contributed by atoms with Gasteiger partial charge in [0.05, 0.1) is 0 Å². The molecular formula is C70H138BN. The number of rotatable bonds is 63. The van der Waals surface area contributed by atoms with Crippen molar-refractivity contribution in [2.24, 2.45) is 0 Å². The topological polar surface area (TPSA) is 3.24 Å². The molecule has 1 nitrogen and oxygen atoms in total.